The van der Waals surface area contributed by atoms with Crippen LogP contribution in [0.3, 0.4) is 0 Å². The Morgan fingerprint density at radius 3 is 2.36 bits per heavy atom. The molecule has 0 radical (unpaired) electrons. The SMILES string of the molecule is COc1cc(CN2CCc3nnc([C@@H](C)NC(=O)CCc4ccccc4)n3CC2)cc(OC)c1OC. The maximum atomic E-state index is 12.6. The van der Waals surface area contributed by atoms with E-state index in [9.17, 15) is 4.79 Å². The third-order valence-electron chi connectivity index (χ3n) is 6.53. The average Bonchev–Trinajstić information content (AvgIpc) is 3.21. The Balaban J connectivity index is 1.37. The minimum atomic E-state index is -0.212. The second kappa shape index (κ2) is 11.9. The van der Waals surface area contributed by atoms with Gasteiger partial charge in [-0.1, -0.05) is 30.3 Å². The number of rotatable bonds is 10. The van der Waals surface area contributed by atoms with Crippen molar-refractivity contribution in [1.82, 2.24) is 25.0 Å². The molecule has 36 heavy (non-hydrogen) atoms. The van der Waals surface area contributed by atoms with Crippen molar-refractivity contribution in [3.63, 3.8) is 0 Å². The predicted molar refractivity (Wildman–Crippen MR) is 136 cm³/mol. The first-order chi connectivity index (χ1) is 17.5. The molecule has 2 aromatic carbocycles. The number of carbonyl (C=O) groups excluding carboxylic acids is 1. The number of nitrogens with one attached hydrogen (secondary N) is 1. The number of hydrogen-bond acceptors (Lipinski definition) is 7. The molecule has 192 valence electrons. The molecule has 1 aliphatic rings. The number of methoxy groups -OCH3 is 3. The molecule has 0 fully saturated rings. The van der Waals surface area contributed by atoms with Crippen LogP contribution in [0.15, 0.2) is 42.5 Å². The summed E-state index contributed by atoms with van der Waals surface area (Å²) in [6.07, 6.45) is 1.94. The van der Waals surface area contributed by atoms with Crippen LogP contribution in [0.4, 0.5) is 0 Å². The fraction of sp³-hybridized carbons (Fsp3) is 0.444. The zero-order valence-electron chi connectivity index (χ0n) is 21.5. The molecule has 0 spiro atoms. The van der Waals surface area contributed by atoms with Gasteiger partial charge < -0.3 is 24.1 Å². The molecule has 0 saturated heterocycles. The number of nitrogens with zero attached hydrogens (tertiary/aromatic N) is 4. The van der Waals surface area contributed by atoms with Crippen molar-refractivity contribution in [2.24, 2.45) is 0 Å². The van der Waals surface area contributed by atoms with Crippen molar-refractivity contribution >= 4 is 5.91 Å². The highest BCUT2D eigenvalue weighted by molar-refractivity contribution is 5.76. The van der Waals surface area contributed by atoms with Gasteiger partial charge in [0, 0.05) is 39.0 Å². The summed E-state index contributed by atoms with van der Waals surface area (Å²) in [7, 11) is 4.86. The van der Waals surface area contributed by atoms with Crippen LogP contribution >= 0.6 is 0 Å². The Morgan fingerprint density at radius 1 is 0.972 bits per heavy atom. The lowest BCUT2D eigenvalue weighted by atomic mass is 10.1. The van der Waals surface area contributed by atoms with Crippen molar-refractivity contribution < 1.29 is 19.0 Å². The van der Waals surface area contributed by atoms with Gasteiger partial charge in [0.2, 0.25) is 11.7 Å². The zero-order chi connectivity index (χ0) is 25.5. The van der Waals surface area contributed by atoms with Gasteiger partial charge in [0.1, 0.15) is 5.82 Å². The van der Waals surface area contributed by atoms with Gasteiger partial charge in [0.05, 0.1) is 27.4 Å². The van der Waals surface area contributed by atoms with Gasteiger partial charge in [0.15, 0.2) is 17.3 Å². The lowest BCUT2D eigenvalue weighted by Crippen LogP contribution is -2.30. The van der Waals surface area contributed by atoms with Crippen molar-refractivity contribution in [2.75, 3.05) is 34.4 Å². The number of aromatic nitrogens is 3. The Kier molecular flexibility index (Phi) is 8.43. The van der Waals surface area contributed by atoms with Gasteiger partial charge in [-0.05, 0) is 36.6 Å². The van der Waals surface area contributed by atoms with E-state index in [4.69, 9.17) is 14.2 Å². The van der Waals surface area contributed by atoms with Gasteiger partial charge in [-0.2, -0.15) is 0 Å². The summed E-state index contributed by atoms with van der Waals surface area (Å²) in [4.78, 5) is 14.9. The second-order valence-electron chi connectivity index (χ2n) is 8.96. The van der Waals surface area contributed by atoms with Gasteiger partial charge in [-0.3, -0.25) is 9.69 Å². The highest BCUT2D eigenvalue weighted by atomic mass is 16.5. The molecule has 1 amide bonds. The van der Waals surface area contributed by atoms with E-state index in [2.05, 4.69) is 25.0 Å². The quantitative estimate of drug-likeness (QED) is 0.464. The predicted octanol–water partition coefficient (Wildman–Crippen LogP) is 3.17. The van der Waals surface area contributed by atoms with Crippen LogP contribution in [0.25, 0.3) is 0 Å². The van der Waals surface area contributed by atoms with E-state index in [-0.39, 0.29) is 11.9 Å². The molecule has 9 nitrogen and oxygen atoms in total. The van der Waals surface area contributed by atoms with Crippen molar-refractivity contribution in [3.05, 3.63) is 65.2 Å². The summed E-state index contributed by atoms with van der Waals surface area (Å²) < 4.78 is 18.6. The van der Waals surface area contributed by atoms with Crippen LogP contribution in [0, 0.1) is 0 Å². The van der Waals surface area contributed by atoms with E-state index in [0.717, 1.165) is 55.4 Å². The molecule has 1 atom stereocenters. The highest BCUT2D eigenvalue weighted by Gasteiger charge is 2.23. The Hall–Kier alpha value is -3.59. The second-order valence-corrected chi connectivity index (χ2v) is 8.96. The largest absolute Gasteiger partial charge is 0.493 e. The Morgan fingerprint density at radius 2 is 1.69 bits per heavy atom. The highest BCUT2D eigenvalue weighted by Crippen LogP contribution is 2.38. The third-order valence-corrected chi connectivity index (χ3v) is 6.53. The lowest BCUT2D eigenvalue weighted by molar-refractivity contribution is -0.121. The van der Waals surface area contributed by atoms with Crippen LogP contribution in [-0.2, 0) is 30.7 Å². The number of amides is 1. The van der Waals surface area contributed by atoms with Crippen molar-refractivity contribution in [1.29, 1.82) is 0 Å². The topological polar surface area (TPSA) is 90.7 Å². The summed E-state index contributed by atoms with van der Waals surface area (Å²) >= 11 is 0. The maximum absolute atomic E-state index is 12.6. The summed E-state index contributed by atoms with van der Waals surface area (Å²) in [5.41, 5.74) is 2.24. The minimum Gasteiger partial charge on any atom is -0.493 e. The van der Waals surface area contributed by atoms with E-state index in [1.165, 1.54) is 0 Å². The van der Waals surface area contributed by atoms with E-state index >= 15 is 0 Å². The minimum absolute atomic E-state index is 0.0151. The van der Waals surface area contributed by atoms with Gasteiger partial charge >= 0.3 is 0 Å². The van der Waals surface area contributed by atoms with E-state index in [0.29, 0.717) is 30.1 Å². The van der Waals surface area contributed by atoms with E-state index in [1.807, 2.05) is 49.4 Å². The first kappa shape index (κ1) is 25.5. The van der Waals surface area contributed by atoms with Crippen molar-refractivity contribution in [2.45, 2.75) is 45.3 Å². The standard InChI is InChI=1S/C27H35N5O4/c1-19(28-25(33)11-10-20-8-6-5-7-9-20)27-30-29-24-12-13-31(14-15-32(24)27)18-21-16-22(34-2)26(36-4)23(17-21)35-3/h5-9,16-17,19H,10-15,18H2,1-4H3,(H,28,33)/t19-/m1/s1. The fourth-order valence-corrected chi connectivity index (χ4v) is 4.63. The number of aryl methyl sites for hydroxylation is 1. The number of carbonyl (C=O) groups is 1. The molecule has 2 heterocycles. The fourth-order valence-electron chi connectivity index (χ4n) is 4.63. The van der Waals surface area contributed by atoms with Gasteiger partial charge in [-0.25, -0.2) is 0 Å². The number of hydrogen-bond donors (Lipinski definition) is 1. The number of ether oxygens (including phenoxy) is 3. The van der Waals surface area contributed by atoms with Crippen LogP contribution in [0.2, 0.25) is 0 Å². The smallest absolute Gasteiger partial charge is 0.220 e. The molecule has 1 aliphatic heterocycles. The van der Waals surface area contributed by atoms with Crippen LogP contribution in [0.5, 0.6) is 17.2 Å². The molecular formula is C27H35N5O4. The molecule has 4 rings (SSSR count). The first-order valence-corrected chi connectivity index (χ1v) is 12.3. The van der Waals surface area contributed by atoms with Crippen LogP contribution in [-0.4, -0.2) is 60.0 Å². The Bertz CT molecular complexity index is 1140. The lowest BCUT2D eigenvalue weighted by Gasteiger charge is -2.21. The average molecular weight is 494 g/mol. The first-order valence-electron chi connectivity index (χ1n) is 12.3. The monoisotopic (exact) mass is 493 g/mol. The molecule has 3 aromatic rings. The molecule has 0 saturated carbocycles. The molecule has 0 bridgehead atoms. The normalized spacial score (nSPS) is 14.4. The summed E-state index contributed by atoms with van der Waals surface area (Å²) in [5, 5.41) is 11.9. The van der Waals surface area contributed by atoms with Crippen LogP contribution < -0.4 is 19.5 Å². The molecule has 0 aliphatic carbocycles. The molecule has 1 N–H and O–H groups in total. The summed E-state index contributed by atoms with van der Waals surface area (Å²) in [6, 6.07) is 13.8. The zero-order valence-corrected chi connectivity index (χ0v) is 21.5. The van der Waals surface area contributed by atoms with Gasteiger partial charge in [0.25, 0.3) is 0 Å². The number of benzene rings is 2. The summed E-state index contributed by atoms with van der Waals surface area (Å²) in [6.45, 7) is 5.16. The van der Waals surface area contributed by atoms with Crippen LogP contribution in [0.1, 0.15) is 42.2 Å². The third kappa shape index (κ3) is 5.96. The summed E-state index contributed by atoms with van der Waals surface area (Å²) in [5.74, 6) is 3.66. The van der Waals surface area contributed by atoms with Gasteiger partial charge in [-0.15, -0.1) is 10.2 Å². The maximum Gasteiger partial charge on any atom is 0.220 e. The molecular weight excluding hydrogens is 458 g/mol. The molecule has 1 aromatic heterocycles. The van der Waals surface area contributed by atoms with E-state index in [1.54, 1.807) is 21.3 Å². The molecule has 0 unspecified atom stereocenters. The molecule has 9 heteroatoms. The van der Waals surface area contributed by atoms with Crippen molar-refractivity contribution in [3.8, 4) is 17.2 Å². The number of fused-ring (bicyclic) bond motifs is 1. The van der Waals surface area contributed by atoms with E-state index < -0.39 is 0 Å². The Labute approximate surface area is 212 Å².